The minimum atomic E-state index is -1.57. The maximum absolute atomic E-state index is 14.7. The highest BCUT2D eigenvalue weighted by Crippen LogP contribution is 2.35. The number of Topliss-reactive ketones (excluding diaryl/α,β-unsaturated/α-hetero) is 5. The lowest BCUT2D eigenvalue weighted by atomic mass is 9.83. The van der Waals surface area contributed by atoms with Crippen LogP contribution >= 0.6 is 23.2 Å². The number of imide groups is 1. The molecule has 4 aliphatic rings. The van der Waals surface area contributed by atoms with E-state index >= 15 is 0 Å². The molecule has 120 heavy (non-hydrogen) atoms. The molecule has 4 heterocycles. The molecule has 3 fully saturated rings. The van der Waals surface area contributed by atoms with Gasteiger partial charge in [-0.2, -0.15) is 0 Å². The van der Waals surface area contributed by atoms with Crippen LogP contribution in [0, 0.1) is 47.3 Å². The lowest BCUT2D eigenvalue weighted by Crippen LogP contribution is -2.54. The van der Waals surface area contributed by atoms with E-state index in [0.29, 0.717) is 57.1 Å². The van der Waals surface area contributed by atoms with Gasteiger partial charge in [-0.3, -0.25) is 67.3 Å². The van der Waals surface area contributed by atoms with Crippen molar-refractivity contribution >= 4 is 99.5 Å². The average Bonchev–Trinajstić information content (AvgIpc) is 1.22. The summed E-state index contributed by atoms with van der Waals surface area (Å²) >= 11 is 11.6. The molecule has 9 amide bonds. The second-order valence-electron chi connectivity index (χ2n) is 34.3. The van der Waals surface area contributed by atoms with Crippen molar-refractivity contribution in [3.63, 3.8) is 0 Å². The zero-order chi connectivity index (χ0) is 89.1. The smallest absolute Gasteiger partial charge is 0.312 e. The minimum absolute atomic E-state index is 0.00176. The molecular formula is C88H133Cl2N9O21. The summed E-state index contributed by atoms with van der Waals surface area (Å²) in [5.41, 5.74) is 7.62. The first-order valence-corrected chi connectivity index (χ1v) is 43.3. The van der Waals surface area contributed by atoms with Gasteiger partial charge in [0.15, 0.2) is 11.6 Å². The number of rotatable bonds is 53. The Morgan fingerprint density at radius 3 is 1.82 bits per heavy atom. The van der Waals surface area contributed by atoms with Gasteiger partial charge < -0.3 is 76.2 Å². The van der Waals surface area contributed by atoms with E-state index in [-0.39, 0.29) is 172 Å². The van der Waals surface area contributed by atoms with Gasteiger partial charge in [0, 0.05) is 123 Å². The van der Waals surface area contributed by atoms with E-state index in [1.54, 1.807) is 56.9 Å². The number of ketones is 5. The summed E-state index contributed by atoms with van der Waals surface area (Å²) in [6, 6.07) is 13.4. The fourth-order valence-electron chi connectivity index (χ4n) is 17.1. The van der Waals surface area contributed by atoms with Crippen LogP contribution in [0.4, 0.5) is 4.79 Å². The SMILES string of the molecule is CC[C@H](C)[C@@H](C(CC(=O)N1CCCC1C(OC)C(C)C(=O)C[C@@H](Cc1ccccc1)C(=O)NCCc1ccc(CC(=O)C(CCCNC(N)=O)NC(=O)[C@H](CC(=O)C[C@@H]2O[C@H](CNC(=O)C[C@@H]3OC(CCC(=O)CCCCCN4C(=O)C(Cl)=C(Cl)C4=O)[C@@H](O)[C@H]3O)C(O)C2O)C(C)C)cc1)OC)N(C)C(=O)[C@@H](CC(=O)C(C(C)C)N(C)C)C(C)C. The molecule has 6 rings (SSSR count). The maximum atomic E-state index is 14.7. The third kappa shape index (κ3) is 29.1. The summed E-state index contributed by atoms with van der Waals surface area (Å²) < 4.78 is 24.0. The molecule has 10 N–H and O–H groups in total. The van der Waals surface area contributed by atoms with E-state index in [0.717, 1.165) is 16.0 Å². The second kappa shape index (κ2) is 49.1. The summed E-state index contributed by atoms with van der Waals surface area (Å²) in [6.45, 7) is 17.7. The Morgan fingerprint density at radius 2 is 1.23 bits per heavy atom. The molecule has 9 unspecified atom stereocenters. The monoisotopic (exact) mass is 1720 g/mol. The number of methoxy groups -OCH3 is 2. The standard InChI is InChI=1S/C88H133Cl2N9O21/c1-15-52(8)77(97(12)85(113)61(50(4)5)45-66(104)76(51(6)7)96(10)11)68(117-13)47-73(106)98-39-23-28-63(98)82(118-14)53(9)64(102)42-57(40-55-24-18-16-19-25-55)83(111)92-37-35-54-29-31-56(32-30-54)41-65(103)62(27-22-36-93-88(91)116)95-84(112)60(49(2)3)43-59(101)44-69-79(108)81(110)71(120-69)48-94-72(105)46-70-80(109)78(107)67(119-70)34-33-58(100)26-20-17-21-38-99-86(114)74(89)75(90)87(99)115/h16,18-19,24-25,29-32,49-53,57,60-63,67-71,76-82,107-110H,15,17,20-23,26-28,33-48H2,1-14H3,(H,92,111)(H,94,105)(H,95,112)(H3,91,93,116)/t52-,53?,57+,60+,61-,62?,63?,67?,68?,69-,70-,71+,76?,77-,78+,79?,80-,81?,82?/m0/s1. The number of urea groups is 1. The van der Waals surface area contributed by atoms with Crippen molar-refractivity contribution in [1.82, 2.24) is 40.9 Å². The Morgan fingerprint density at radius 1 is 0.625 bits per heavy atom. The fourth-order valence-corrected chi connectivity index (χ4v) is 17.5. The number of halogens is 2. The number of aliphatic hydroxyl groups excluding tert-OH is 4. The molecular weight excluding hydrogens is 1590 g/mol. The van der Waals surface area contributed by atoms with E-state index in [4.69, 9.17) is 47.9 Å². The quantitative estimate of drug-likeness (QED) is 0.0270. The van der Waals surface area contributed by atoms with Gasteiger partial charge in [0.1, 0.15) is 57.9 Å². The number of likely N-dealkylation sites (tertiary alicyclic amines) is 1. The van der Waals surface area contributed by atoms with Crippen LogP contribution in [0.25, 0.3) is 0 Å². The Balaban J connectivity index is 0.990. The van der Waals surface area contributed by atoms with E-state index in [9.17, 15) is 82.8 Å². The van der Waals surface area contributed by atoms with Crippen molar-refractivity contribution in [3.8, 4) is 0 Å². The molecule has 0 bridgehead atoms. The molecule has 19 atom stereocenters. The first kappa shape index (κ1) is 101. The third-order valence-corrected chi connectivity index (χ3v) is 25.1. The van der Waals surface area contributed by atoms with E-state index in [2.05, 4.69) is 21.3 Å². The molecule has 0 saturated carbocycles. The Labute approximate surface area is 716 Å². The lowest BCUT2D eigenvalue weighted by molar-refractivity contribution is -0.149. The lowest BCUT2D eigenvalue weighted by Gasteiger charge is -2.41. The molecule has 2 aromatic carbocycles. The number of likely N-dealkylation sites (N-methyl/N-ethyl adjacent to an activating group) is 2. The molecule has 3 saturated heterocycles. The van der Waals surface area contributed by atoms with E-state index in [1.807, 2.05) is 103 Å². The number of amides is 9. The summed E-state index contributed by atoms with van der Waals surface area (Å²) in [6.07, 6.45) is -8.75. The fraction of sp³-hybridized carbons (Fsp3) is 0.693. The summed E-state index contributed by atoms with van der Waals surface area (Å²) in [7, 11) is 8.56. The summed E-state index contributed by atoms with van der Waals surface area (Å²) in [5, 5.41) is 53.8. The minimum Gasteiger partial charge on any atom is -0.388 e. The zero-order valence-electron chi connectivity index (χ0n) is 72.4. The molecule has 0 aromatic heterocycles. The number of aliphatic hydroxyl groups is 4. The van der Waals surface area contributed by atoms with E-state index < -0.39 is 157 Å². The van der Waals surface area contributed by atoms with Gasteiger partial charge in [0.25, 0.3) is 11.8 Å². The predicted molar refractivity (Wildman–Crippen MR) is 450 cm³/mol. The number of primary amides is 1. The van der Waals surface area contributed by atoms with Gasteiger partial charge in [0.2, 0.25) is 29.5 Å². The Bertz CT molecular complexity index is 3780. The highest BCUT2D eigenvalue weighted by Gasteiger charge is 2.48. The van der Waals surface area contributed by atoms with Crippen molar-refractivity contribution in [3.05, 3.63) is 81.4 Å². The number of nitrogens with one attached hydrogen (secondary N) is 4. The van der Waals surface area contributed by atoms with Crippen LogP contribution in [-0.4, -0.2) is 270 Å². The van der Waals surface area contributed by atoms with Crippen LogP contribution in [0.3, 0.4) is 0 Å². The zero-order valence-corrected chi connectivity index (χ0v) is 73.9. The molecule has 30 nitrogen and oxygen atoms in total. The van der Waals surface area contributed by atoms with Gasteiger partial charge in [-0.25, -0.2) is 4.79 Å². The number of nitrogens with zero attached hydrogens (tertiary/aromatic N) is 4. The topological polar surface area (TPSA) is 427 Å². The number of nitrogens with two attached hydrogens (primary N) is 1. The largest absolute Gasteiger partial charge is 0.388 e. The summed E-state index contributed by atoms with van der Waals surface area (Å²) in [5.74, 6) is -8.18. The first-order valence-electron chi connectivity index (χ1n) is 42.6. The highest BCUT2D eigenvalue weighted by molar-refractivity contribution is 6.58. The number of hydrogen-bond acceptors (Lipinski definition) is 22. The van der Waals surface area contributed by atoms with Crippen LogP contribution in [-0.2, 0) is 95.7 Å². The Kier molecular flexibility index (Phi) is 41.5. The number of ether oxygens (including phenoxy) is 4. The molecule has 2 aromatic rings. The Hall–Kier alpha value is -7.49. The molecule has 4 aliphatic heterocycles. The number of hydrogen-bond donors (Lipinski definition) is 9. The molecule has 670 valence electrons. The van der Waals surface area contributed by atoms with Crippen LogP contribution in [0.2, 0.25) is 0 Å². The number of unbranched alkanes of at least 4 members (excludes halogenated alkanes) is 2. The predicted octanol–water partition coefficient (Wildman–Crippen LogP) is 6.02. The van der Waals surface area contributed by atoms with Crippen molar-refractivity contribution in [2.24, 2.45) is 53.1 Å². The third-order valence-electron chi connectivity index (χ3n) is 24.3. The van der Waals surface area contributed by atoms with Crippen LogP contribution < -0.4 is 27.0 Å². The number of carbonyl (C=O) groups is 13. The molecule has 0 aliphatic carbocycles. The number of carbonyl (C=O) groups excluding carboxylic acids is 13. The average molecular weight is 1720 g/mol. The molecule has 32 heteroatoms. The van der Waals surface area contributed by atoms with Crippen LogP contribution in [0.5, 0.6) is 0 Å². The van der Waals surface area contributed by atoms with Gasteiger partial charge in [-0.05, 0) is 112 Å². The normalized spacial score (nSPS) is 22.6. The van der Waals surface area contributed by atoms with Crippen molar-refractivity contribution in [2.45, 2.75) is 276 Å². The van der Waals surface area contributed by atoms with E-state index in [1.165, 1.54) is 7.11 Å². The highest BCUT2D eigenvalue weighted by atomic mass is 35.5. The van der Waals surface area contributed by atoms with Gasteiger partial charge in [0.05, 0.1) is 67.5 Å². The molecule has 0 radical (unpaired) electrons. The maximum Gasteiger partial charge on any atom is 0.312 e. The van der Waals surface area contributed by atoms with Crippen LogP contribution in [0.1, 0.15) is 188 Å². The van der Waals surface area contributed by atoms with Gasteiger partial charge in [-0.15, -0.1) is 0 Å². The van der Waals surface area contributed by atoms with Crippen molar-refractivity contribution in [2.75, 3.05) is 68.1 Å². The van der Waals surface area contributed by atoms with Gasteiger partial charge in [-0.1, -0.05) is 153 Å². The van der Waals surface area contributed by atoms with Crippen LogP contribution in [0.15, 0.2) is 64.7 Å². The number of benzene rings is 2. The summed E-state index contributed by atoms with van der Waals surface area (Å²) in [4.78, 5) is 182. The second-order valence-corrected chi connectivity index (χ2v) is 35.0. The van der Waals surface area contributed by atoms with Crippen molar-refractivity contribution in [1.29, 1.82) is 0 Å². The van der Waals surface area contributed by atoms with Crippen molar-refractivity contribution < 1.29 is 102 Å². The first-order chi connectivity index (χ1) is 56.7. The molecule has 0 spiro atoms. The van der Waals surface area contributed by atoms with Gasteiger partial charge >= 0.3 is 6.03 Å².